The lowest BCUT2D eigenvalue weighted by atomic mass is 10.2. The molecule has 1 N–H and O–H groups in total. The van der Waals surface area contributed by atoms with Gasteiger partial charge in [-0.25, -0.2) is 0 Å². The minimum absolute atomic E-state index is 0.201. The van der Waals surface area contributed by atoms with E-state index in [9.17, 15) is 4.79 Å². The maximum Gasteiger partial charge on any atom is 0.255 e. The SMILES string of the molecule is COc1ccccc1C(=O)NCc1nn2cnnc2s1. The van der Waals surface area contributed by atoms with Gasteiger partial charge in [-0.3, -0.25) is 4.79 Å². The second-order valence-electron chi connectivity index (χ2n) is 3.94. The van der Waals surface area contributed by atoms with Crippen molar-refractivity contribution in [2.75, 3.05) is 7.11 Å². The highest BCUT2D eigenvalue weighted by molar-refractivity contribution is 7.16. The van der Waals surface area contributed by atoms with Crippen molar-refractivity contribution in [3.8, 4) is 5.75 Å². The molecular weight excluding hydrogens is 278 g/mol. The van der Waals surface area contributed by atoms with Crippen molar-refractivity contribution in [3.63, 3.8) is 0 Å². The van der Waals surface area contributed by atoms with Crippen LogP contribution < -0.4 is 10.1 Å². The number of rotatable bonds is 4. The van der Waals surface area contributed by atoms with Crippen LogP contribution in [0.4, 0.5) is 0 Å². The Morgan fingerprint density at radius 2 is 2.30 bits per heavy atom. The maximum atomic E-state index is 12.1. The van der Waals surface area contributed by atoms with Gasteiger partial charge in [-0.15, -0.1) is 10.2 Å². The standard InChI is InChI=1S/C12H11N5O2S/c1-19-9-5-3-2-4-8(9)11(18)13-6-10-16-17-7-14-15-12(17)20-10/h2-5,7H,6H2,1H3,(H,13,18). The topological polar surface area (TPSA) is 81.4 Å². The van der Waals surface area contributed by atoms with Gasteiger partial charge in [-0.2, -0.15) is 9.61 Å². The molecule has 3 aromatic rings. The number of nitrogens with one attached hydrogen (secondary N) is 1. The van der Waals surface area contributed by atoms with E-state index in [1.807, 2.05) is 6.07 Å². The third kappa shape index (κ3) is 2.32. The van der Waals surface area contributed by atoms with Gasteiger partial charge in [0.25, 0.3) is 5.91 Å². The molecule has 1 amide bonds. The molecule has 0 saturated carbocycles. The van der Waals surface area contributed by atoms with E-state index in [0.717, 1.165) is 5.01 Å². The average molecular weight is 289 g/mol. The van der Waals surface area contributed by atoms with Crippen LogP contribution in [0, 0.1) is 0 Å². The quantitative estimate of drug-likeness (QED) is 0.778. The van der Waals surface area contributed by atoms with Crippen molar-refractivity contribution >= 4 is 22.2 Å². The highest BCUT2D eigenvalue weighted by atomic mass is 32.1. The molecule has 0 bridgehead atoms. The summed E-state index contributed by atoms with van der Waals surface area (Å²) in [6, 6.07) is 7.07. The minimum Gasteiger partial charge on any atom is -0.496 e. The number of hydrogen-bond donors (Lipinski definition) is 1. The van der Waals surface area contributed by atoms with Gasteiger partial charge in [0.15, 0.2) is 0 Å². The van der Waals surface area contributed by atoms with E-state index in [1.54, 1.807) is 22.7 Å². The molecule has 0 aliphatic heterocycles. The second-order valence-corrected chi connectivity index (χ2v) is 4.98. The summed E-state index contributed by atoms with van der Waals surface area (Å²) in [7, 11) is 1.54. The summed E-state index contributed by atoms with van der Waals surface area (Å²) < 4.78 is 6.74. The lowest BCUT2D eigenvalue weighted by Gasteiger charge is -2.07. The number of methoxy groups -OCH3 is 1. The molecule has 2 heterocycles. The summed E-state index contributed by atoms with van der Waals surface area (Å²) in [4.78, 5) is 12.8. The van der Waals surface area contributed by atoms with Crippen LogP contribution in [0.25, 0.3) is 4.96 Å². The zero-order valence-corrected chi connectivity index (χ0v) is 11.4. The number of carbonyl (C=O) groups excluding carboxylic acids is 1. The molecule has 8 heteroatoms. The first-order valence-corrected chi connectivity index (χ1v) is 6.66. The van der Waals surface area contributed by atoms with Gasteiger partial charge in [0.05, 0.1) is 19.2 Å². The number of fused-ring (bicyclic) bond motifs is 1. The zero-order valence-electron chi connectivity index (χ0n) is 10.6. The number of aromatic nitrogens is 4. The van der Waals surface area contributed by atoms with Crippen molar-refractivity contribution in [1.82, 2.24) is 25.1 Å². The number of amides is 1. The van der Waals surface area contributed by atoms with Crippen molar-refractivity contribution < 1.29 is 9.53 Å². The fraction of sp³-hybridized carbons (Fsp3) is 0.167. The molecule has 20 heavy (non-hydrogen) atoms. The summed E-state index contributed by atoms with van der Waals surface area (Å²) in [5.74, 6) is 0.344. The van der Waals surface area contributed by atoms with Gasteiger partial charge in [0.1, 0.15) is 17.1 Å². The third-order valence-electron chi connectivity index (χ3n) is 2.68. The number of nitrogens with zero attached hydrogens (tertiary/aromatic N) is 4. The minimum atomic E-state index is -0.201. The molecule has 0 aliphatic rings. The van der Waals surface area contributed by atoms with E-state index in [-0.39, 0.29) is 5.91 Å². The van der Waals surface area contributed by atoms with E-state index in [1.165, 1.54) is 24.8 Å². The van der Waals surface area contributed by atoms with Crippen LogP contribution >= 0.6 is 11.3 Å². The Hall–Kier alpha value is -2.48. The van der Waals surface area contributed by atoms with Gasteiger partial charge in [0.2, 0.25) is 4.96 Å². The number of benzene rings is 1. The third-order valence-corrected chi connectivity index (χ3v) is 3.59. The summed E-state index contributed by atoms with van der Waals surface area (Å²) in [6.07, 6.45) is 1.53. The Labute approximate surface area is 118 Å². The first-order valence-electron chi connectivity index (χ1n) is 5.85. The Morgan fingerprint density at radius 3 is 3.10 bits per heavy atom. The largest absolute Gasteiger partial charge is 0.496 e. The molecule has 0 unspecified atom stereocenters. The molecule has 102 valence electrons. The smallest absolute Gasteiger partial charge is 0.255 e. The van der Waals surface area contributed by atoms with Crippen LogP contribution in [0.2, 0.25) is 0 Å². The molecule has 0 saturated heterocycles. The monoisotopic (exact) mass is 289 g/mol. The molecule has 3 rings (SSSR count). The Morgan fingerprint density at radius 1 is 1.45 bits per heavy atom. The molecule has 0 atom stereocenters. The second kappa shape index (κ2) is 5.25. The maximum absolute atomic E-state index is 12.1. The number of para-hydroxylation sites is 1. The van der Waals surface area contributed by atoms with E-state index in [0.29, 0.717) is 22.8 Å². The van der Waals surface area contributed by atoms with Gasteiger partial charge >= 0.3 is 0 Å². The summed E-state index contributed by atoms with van der Waals surface area (Å²) in [5.41, 5.74) is 0.498. The van der Waals surface area contributed by atoms with Crippen LogP contribution in [0.3, 0.4) is 0 Å². The first kappa shape index (κ1) is 12.5. The molecular formula is C12H11N5O2S. The fourth-order valence-electron chi connectivity index (χ4n) is 1.76. The van der Waals surface area contributed by atoms with E-state index in [2.05, 4.69) is 20.6 Å². The van der Waals surface area contributed by atoms with Crippen LogP contribution in [-0.4, -0.2) is 32.8 Å². The van der Waals surface area contributed by atoms with Crippen LogP contribution in [-0.2, 0) is 6.54 Å². The molecule has 0 radical (unpaired) electrons. The van der Waals surface area contributed by atoms with Crippen molar-refractivity contribution in [2.45, 2.75) is 6.54 Å². The summed E-state index contributed by atoms with van der Waals surface area (Å²) >= 11 is 1.38. The van der Waals surface area contributed by atoms with Crippen molar-refractivity contribution in [3.05, 3.63) is 41.2 Å². The molecule has 2 aromatic heterocycles. The van der Waals surface area contributed by atoms with E-state index in [4.69, 9.17) is 4.74 Å². The Bertz CT molecular complexity index is 722. The highest BCUT2D eigenvalue weighted by Crippen LogP contribution is 2.17. The van der Waals surface area contributed by atoms with Gasteiger partial charge < -0.3 is 10.1 Å². The summed E-state index contributed by atoms with van der Waals surface area (Å²) in [5, 5.41) is 15.4. The molecule has 0 spiro atoms. The lowest BCUT2D eigenvalue weighted by Crippen LogP contribution is -2.23. The van der Waals surface area contributed by atoms with Crippen LogP contribution in [0.5, 0.6) is 5.75 Å². The number of carbonyl (C=O) groups is 1. The molecule has 7 nitrogen and oxygen atoms in total. The Balaban J connectivity index is 1.71. The number of hydrogen-bond acceptors (Lipinski definition) is 6. The highest BCUT2D eigenvalue weighted by Gasteiger charge is 2.12. The van der Waals surface area contributed by atoms with E-state index < -0.39 is 0 Å². The predicted molar refractivity (Wildman–Crippen MR) is 72.8 cm³/mol. The van der Waals surface area contributed by atoms with Crippen molar-refractivity contribution in [2.24, 2.45) is 0 Å². The molecule has 0 fully saturated rings. The first-order chi connectivity index (χ1) is 9.78. The summed E-state index contributed by atoms with van der Waals surface area (Å²) in [6.45, 7) is 0.338. The molecule has 1 aromatic carbocycles. The Kier molecular flexibility index (Phi) is 3.30. The lowest BCUT2D eigenvalue weighted by molar-refractivity contribution is 0.0947. The van der Waals surface area contributed by atoms with Crippen molar-refractivity contribution in [1.29, 1.82) is 0 Å². The predicted octanol–water partition coefficient (Wildman–Crippen LogP) is 1.12. The van der Waals surface area contributed by atoms with Gasteiger partial charge in [-0.05, 0) is 12.1 Å². The zero-order chi connectivity index (χ0) is 13.9. The van der Waals surface area contributed by atoms with Crippen LogP contribution in [0.15, 0.2) is 30.6 Å². The average Bonchev–Trinajstić information content (AvgIpc) is 3.05. The van der Waals surface area contributed by atoms with Crippen LogP contribution in [0.1, 0.15) is 15.4 Å². The van der Waals surface area contributed by atoms with Gasteiger partial charge in [-0.1, -0.05) is 23.5 Å². The number of ether oxygens (including phenoxy) is 1. The van der Waals surface area contributed by atoms with Gasteiger partial charge in [0, 0.05) is 0 Å². The normalized spacial score (nSPS) is 10.7. The molecule has 0 aliphatic carbocycles. The fourth-order valence-corrected chi connectivity index (χ4v) is 2.51. The van der Waals surface area contributed by atoms with E-state index >= 15 is 0 Å².